The summed E-state index contributed by atoms with van der Waals surface area (Å²) >= 11 is 1.37. The Kier molecular flexibility index (Phi) is 4.22. The average molecular weight is 267 g/mol. The van der Waals surface area contributed by atoms with Crippen molar-refractivity contribution in [2.24, 2.45) is 5.73 Å². The Bertz CT molecular complexity index is 530. The van der Waals surface area contributed by atoms with Crippen molar-refractivity contribution in [2.45, 2.75) is 12.8 Å². The molecule has 1 aromatic carbocycles. The van der Waals surface area contributed by atoms with E-state index in [1.165, 1.54) is 24.5 Å². The fraction of sp³-hybridized carbons (Fsp3) is 0.333. The first-order valence-corrected chi connectivity index (χ1v) is 6.43. The van der Waals surface area contributed by atoms with E-state index in [1.54, 1.807) is 12.1 Å². The molecule has 2 N–H and O–H groups in total. The SMILES string of the molecule is COc1cccc(F)c1-c1nnc(CCCN)s1. The number of aromatic nitrogens is 2. The number of halogens is 1. The second-order valence-electron chi connectivity index (χ2n) is 3.71. The molecule has 0 radical (unpaired) electrons. The Morgan fingerprint density at radius 2 is 2.22 bits per heavy atom. The lowest BCUT2D eigenvalue weighted by Gasteiger charge is -2.05. The largest absolute Gasteiger partial charge is 0.496 e. The van der Waals surface area contributed by atoms with Gasteiger partial charge in [-0.3, -0.25) is 0 Å². The van der Waals surface area contributed by atoms with Crippen molar-refractivity contribution in [3.63, 3.8) is 0 Å². The van der Waals surface area contributed by atoms with Gasteiger partial charge in [-0.2, -0.15) is 0 Å². The van der Waals surface area contributed by atoms with Crippen molar-refractivity contribution in [1.29, 1.82) is 0 Å². The highest BCUT2D eigenvalue weighted by molar-refractivity contribution is 7.14. The summed E-state index contributed by atoms with van der Waals surface area (Å²) < 4.78 is 19.0. The van der Waals surface area contributed by atoms with E-state index in [2.05, 4.69) is 10.2 Å². The molecule has 0 aliphatic carbocycles. The summed E-state index contributed by atoms with van der Waals surface area (Å²) in [5.41, 5.74) is 5.81. The molecule has 1 aromatic heterocycles. The van der Waals surface area contributed by atoms with Gasteiger partial charge in [0.25, 0.3) is 0 Å². The van der Waals surface area contributed by atoms with Crippen LogP contribution in [0, 0.1) is 5.82 Å². The minimum Gasteiger partial charge on any atom is -0.496 e. The van der Waals surface area contributed by atoms with Crippen LogP contribution < -0.4 is 10.5 Å². The normalized spacial score (nSPS) is 10.6. The third-order valence-corrected chi connectivity index (χ3v) is 3.47. The molecular formula is C12H14FN3OS. The van der Waals surface area contributed by atoms with E-state index < -0.39 is 0 Å². The number of hydrogen-bond acceptors (Lipinski definition) is 5. The van der Waals surface area contributed by atoms with E-state index in [-0.39, 0.29) is 5.82 Å². The van der Waals surface area contributed by atoms with E-state index in [0.29, 0.717) is 22.9 Å². The van der Waals surface area contributed by atoms with Crippen LogP contribution in [0.4, 0.5) is 4.39 Å². The Labute approximate surface area is 109 Å². The Hall–Kier alpha value is -1.53. The highest BCUT2D eigenvalue weighted by Gasteiger charge is 2.16. The summed E-state index contributed by atoms with van der Waals surface area (Å²) in [5.74, 6) is 0.118. The zero-order valence-electron chi connectivity index (χ0n) is 10.0. The van der Waals surface area contributed by atoms with Crippen molar-refractivity contribution >= 4 is 11.3 Å². The molecule has 18 heavy (non-hydrogen) atoms. The monoisotopic (exact) mass is 267 g/mol. The second-order valence-corrected chi connectivity index (χ2v) is 4.77. The highest BCUT2D eigenvalue weighted by Crippen LogP contribution is 2.34. The van der Waals surface area contributed by atoms with Crippen molar-refractivity contribution < 1.29 is 9.13 Å². The molecule has 0 bridgehead atoms. The van der Waals surface area contributed by atoms with Gasteiger partial charge in [0.1, 0.15) is 16.6 Å². The van der Waals surface area contributed by atoms with E-state index in [4.69, 9.17) is 10.5 Å². The minimum absolute atomic E-state index is 0.351. The molecule has 0 amide bonds. The molecule has 0 aliphatic heterocycles. The van der Waals surface area contributed by atoms with Crippen molar-refractivity contribution in [3.8, 4) is 16.3 Å². The third-order valence-electron chi connectivity index (χ3n) is 2.47. The first-order chi connectivity index (χ1) is 8.76. The lowest BCUT2D eigenvalue weighted by Crippen LogP contribution is -1.99. The predicted molar refractivity (Wildman–Crippen MR) is 69.2 cm³/mol. The van der Waals surface area contributed by atoms with Gasteiger partial charge in [-0.25, -0.2) is 4.39 Å². The topological polar surface area (TPSA) is 61.0 Å². The third kappa shape index (κ3) is 2.65. The van der Waals surface area contributed by atoms with Crippen LogP contribution in [0.15, 0.2) is 18.2 Å². The standard InChI is InChI=1S/C12H14FN3OS/c1-17-9-5-2-4-8(13)11(9)12-16-15-10(18-12)6-3-7-14/h2,4-5H,3,6-7,14H2,1H3. The molecular weight excluding hydrogens is 253 g/mol. The maximum Gasteiger partial charge on any atom is 0.154 e. The van der Waals surface area contributed by atoms with Gasteiger partial charge >= 0.3 is 0 Å². The van der Waals surface area contributed by atoms with Crippen molar-refractivity contribution in [2.75, 3.05) is 13.7 Å². The lowest BCUT2D eigenvalue weighted by molar-refractivity contribution is 0.413. The zero-order valence-corrected chi connectivity index (χ0v) is 10.8. The maximum atomic E-state index is 13.8. The first-order valence-electron chi connectivity index (χ1n) is 5.61. The smallest absolute Gasteiger partial charge is 0.154 e. The molecule has 1 heterocycles. The van der Waals surface area contributed by atoms with Gasteiger partial charge in [0, 0.05) is 6.42 Å². The number of methoxy groups -OCH3 is 1. The van der Waals surface area contributed by atoms with E-state index in [1.807, 2.05) is 0 Å². The number of nitrogens with two attached hydrogens (primary N) is 1. The van der Waals surface area contributed by atoms with Gasteiger partial charge in [0.15, 0.2) is 5.01 Å². The molecule has 4 nitrogen and oxygen atoms in total. The molecule has 6 heteroatoms. The highest BCUT2D eigenvalue weighted by atomic mass is 32.1. The summed E-state index contributed by atoms with van der Waals surface area (Å²) in [4.78, 5) is 0. The molecule has 0 aliphatic rings. The molecule has 96 valence electrons. The predicted octanol–water partition coefficient (Wildman–Crippen LogP) is 2.24. The summed E-state index contributed by atoms with van der Waals surface area (Å²) in [5, 5.41) is 9.45. The number of hydrogen-bond donors (Lipinski definition) is 1. The van der Waals surface area contributed by atoms with Crippen LogP contribution in [-0.4, -0.2) is 23.9 Å². The van der Waals surface area contributed by atoms with Gasteiger partial charge in [-0.1, -0.05) is 17.4 Å². The van der Waals surface area contributed by atoms with Gasteiger partial charge in [0.05, 0.1) is 12.7 Å². The fourth-order valence-electron chi connectivity index (χ4n) is 1.59. The van der Waals surface area contributed by atoms with Gasteiger partial charge < -0.3 is 10.5 Å². The number of benzene rings is 1. The average Bonchev–Trinajstić information content (AvgIpc) is 2.84. The van der Waals surface area contributed by atoms with Crippen LogP contribution in [0.2, 0.25) is 0 Å². The molecule has 0 spiro atoms. The van der Waals surface area contributed by atoms with Crippen molar-refractivity contribution in [1.82, 2.24) is 10.2 Å². The Morgan fingerprint density at radius 3 is 2.94 bits per heavy atom. The van der Waals surface area contributed by atoms with Crippen LogP contribution in [0.1, 0.15) is 11.4 Å². The number of nitrogens with zero attached hydrogens (tertiary/aromatic N) is 2. The Morgan fingerprint density at radius 1 is 1.39 bits per heavy atom. The van der Waals surface area contributed by atoms with Crippen LogP contribution in [0.3, 0.4) is 0 Å². The van der Waals surface area contributed by atoms with Crippen LogP contribution >= 0.6 is 11.3 Å². The second kappa shape index (κ2) is 5.88. The maximum absolute atomic E-state index is 13.8. The van der Waals surface area contributed by atoms with Crippen LogP contribution in [0.5, 0.6) is 5.75 Å². The number of aryl methyl sites for hydroxylation is 1. The molecule has 2 rings (SSSR count). The van der Waals surface area contributed by atoms with Crippen molar-refractivity contribution in [3.05, 3.63) is 29.0 Å². The lowest BCUT2D eigenvalue weighted by atomic mass is 10.2. The molecule has 0 fully saturated rings. The van der Waals surface area contributed by atoms with Gasteiger partial charge in [0.2, 0.25) is 0 Å². The van der Waals surface area contributed by atoms with Crippen LogP contribution in [0.25, 0.3) is 10.6 Å². The first kappa shape index (κ1) is 12.9. The van der Waals surface area contributed by atoms with Crippen LogP contribution in [-0.2, 0) is 6.42 Å². The zero-order chi connectivity index (χ0) is 13.0. The number of ether oxygens (including phenoxy) is 1. The van der Waals surface area contributed by atoms with E-state index >= 15 is 0 Å². The summed E-state index contributed by atoms with van der Waals surface area (Å²) in [6, 6.07) is 4.70. The molecule has 0 atom stereocenters. The summed E-state index contributed by atoms with van der Waals surface area (Å²) in [6.45, 7) is 0.609. The fourth-order valence-corrected chi connectivity index (χ4v) is 2.52. The van der Waals surface area contributed by atoms with E-state index in [9.17, 15) is 4.39 Å². The summed E-state index contributed by atoms with van der Waals surface area (Å²) in [6.07, 6.45) is 1.62. The quantitative estimate of drug-likeness (QED) is 0.902. The number of rotatable bonds is 5. The van der Waals surface area contributed by atoms with Gasteiger partial charge in [-0.05, 0) is 25.1 Å². The Balaban J connectivity index is 2.33. The molecule has 0 saturated heterocycles. The molecule has 0 unspecified atom stereocenters. The minimum atomic E-state index is -0.351. The molecule has 2 aromatic rings. The summed E-state index contributed by atoms with van der Waals surface area (Å²) in [7, 11) is 1.51. The van der Waals surface area contributed by atoms with Gasteiger partial charge in [-0.15, -0.1) is 10.2 Å². The molecule has 0 saturated carbocycles. The van der Waals surface area contributed by atoms with E-state index in [0.717, 1.165) is 17.8 Å².